The highest BCUT2D eigenvalue weighted by atomic mass is 16.3. The summed E-state index contributed by atoms with van der Waals surface area (Å²) in [6, 6.07) is 31.6. The van der Waals surface area contributed by atoms with E-state index in [1.54, 1.807) is 0 Å². The number of nitrogens with one attached hydrogen (secondary N) is 1. The van der Waals surface area contributed by atoms with Crippen LogP contribution < -0.4 is 5.32 Å². The molecule has 0 unspecified atom stereocenters. The zero-order chi connectivity index (χ0) is 18.7. The van der Waals surface area contributed by atoms with Crippen LogP contribution in [0.5, 0.6) is 0 Å². The number of benzene rings is 3. The molecule has 0 radical (unpaired) electrons. The molecule has 27 heavy (non-hydrogen) atoms. The molecule has 138 valence electrons. The second-order valence-corrected chi connectivity index (χ2v) is 7.78. The summed E-state index contributed by atoms with van der Waals surface area (Å²) >= 11 is 0. The Hall–Kier alpha value is -2.42. The molecular weight excluding hydrogens is 330 g/mol. The molecule has 3 aromatic carbocycles. The van der Waals surface area contributed by atoms with Crippen molar-refractivity contribution in [3.63, 3.8) is 0 Å². The SMILES string of the molecule is C[C@@H]1[C@@H](c2ccccc2)N[C@@H](c2ccccc2)C[C@@]1(O)Cc1ccccc1. The van der Waals surface area contributed by atoms with Crippen LogP contribution in [0.4, 0.5) is 0 Å². The summed E-state index contributed by atoms with van der Waals surface area (Å²) in [5, 5.41) is 15.6. The van der Waals surface area contributed by atoms with Crippen molar-refractivity contribution in [3.8, 4) is 0 Å². The van der Waals surface area contributed by atoms with Gasteiger partial charge >= 0.3 is 0 Å². The molecule has 2 heteroatoms. The first-order valence-electron chi connectivity index (χ1n) is 9.78. The first kappa shape index (κ1) is 18.0. The Bertz CT molecular complexity index is 849. The summed E-state index contributed by atoms with van der Waals surface area (Å²) in [5.41, 5.74) is 2.88. The predicted molar refractivity (Wildman–Crippen MR) is 110 cm³/mol. The summed E-state index contributed by atoms with van der Waals surface area (Å²) in [6.07, 6.45) is 1.37. The van der Waals surface area contributed by atoms with Crippen molar-refractivity contribution < 1.29 is 5.11 Å². The molecular formula is C25H27NO. The van der Waals surface area contributed by atoms with Crippen molar-refractivity contribution >= 4 is 0 Å². The van der Waals surface area contributed by atoms with E-state index in [1.807, 2.05) is 30.3 Å². The molecule has 1 saturated heterocycles. The lowest BCUT2D eigenvalue weighted by Crippen LogP contribution is -2.53. The highest BCUT2D eigenvalue weighted by molar-refractivity contribution is 5.28. The van der Waals surface area contributed by atoms with E-state index in [-0.39, 0.29) is 18.0 Å². The molecule has 2 N–H and O–H groups in total. The molecule has 1 aliphatic rings. The maximum atomic E-state index is 11.8. The van der Waals surface area contributed by atoms with E-state index in [9.17, 15) is 5.11 Å². The third kappa shape index (κ3) is 3.83. The quantitative estimate of drug-likeness (QED) is 0.683. The first-order valence-corrected chi connectivity index (χ1v) is 9.78. The van der Waals surface area contributed by atoms with Gasteiger partial charge in [-0.15, -0.1) is 0 Å². The van der Waals surface area contributed by atoms with Crippen LogP contribution >= 0.6 is 0 Å². The van der Waals surface area contributed by atoms with Crippen molar-refractivity contribution in [1.82, 2.24) is 5.32 Å². The molecule has 4 atom stereocenters. The van der Waals surface area contributed by atoms with Gasteiger partial charge in [0.2, 0.25) is 0 Å². The van der Waals surface area contributed by atoms with Crippen molar-refractivity contribution in [2.75, 3.05) is 0 Å². The van der Waals surface area contributed by atoms with Crippen molar-refractivity contribution in [3.05, 3.63) is 108 Å². The largest absolute Gasteiger partial charge is 0.389 e. The van der Waals surface area contributed by atoms with Gasteiger partial charge in [0.1, 0.15) is 0 Å². The van der Waals surface area contributed by atoms with Crippen LogP contribution in [0.25, 0.3) is 0 Å². The lowest BCUT2D eigenvalue weighted by Gasteiger charge is -2.48. The van der Waals surface area contributed by atoms with Crippen LogP contribution in [0.15, 0.2) is 91.0 Å². The zero-order valence-corrected chi connectivity index (χ0v) is 15.8. The lowest BCUT2D eigenvalue weighted by atomic mass is 9.69. The zero-order valence-electron chi connectivity index (χ0n) is 15.8. The Kier molecular flexibility index (Phi) is 5.11. The lowest BCUT2D eigenvalue weighted by molar-refractivity contribution is -0.0674. The molecule has 2 nitrogen and oxygen atoms in total. The van der Waals surface area contributed by atoms with E-state index in [4.69, 9.17) is 0 Å². The van der Waals surface area contributed by atoms with Gasteiger partial charge in [-0.05, 0) is 23.1 Å². The van der Waals surface area contributed by atoms with Gasteiger partial charge in [-0.2, -0.15) is 0 Å². The highest BCUT2D eigenvalue weighted by Crippen LogP contribution is 2.44. The van der Waals surface area contributed by atoms with Gasteiger partial charge in [-0.25, -0.2) is 0 Å². The minimum Gasteiger partial charge on any atom is -0.389 e. The molecule has 0 aromatic heterocycles. The Morgan fingerprint density at radius 2 is 1.33 bits per heavy atom. The Morgan fingerprint density at radius 1 is 0.815 bits per heavy atom. The number of hydrogen-bond donors (Lipinski definition) is 2. The van der Waals surface area contributed by atoms with E-state index in [1.165, 1.54) is 16.7 Å². The molecule has 1 heterocycles. The van der Waals surface area contributed by atoms with E-state index in [0.717, 1.165) is 0 Å². The third-order valence-electron chi connectivity index (χ3n) is 6.00. The summed E-state index contributed by atoms with van der Waals surface area (Å²) in [7, 11) is 0. The van der Waals surface area contributed by atoms with Crippen molar-refractivity contribution in [2.45, 2.75) is 37.5 Å². The van der Waals surface area contributed by atoms with Crippen LogP contribution in [0.2, 0.25) is 0 Å². The normalized spacial score (nSPS) is 28.0. The standard InChI is InChI=1S/C25H27NO/c1-19-24(22-15-9-4-10-16-22)26-23(21-13-7-3-8-14-21)18-25(19,27)17-20-11-5-2-6-12-20/h2-16,19,23-24,26-27H,17-18H2,1H3/t19-,23-,24+,25+/m1/s1. The molecule has 4 rings (SSSR count). The van der Waals surface area contributed by atoms with Gasteiger partial charge in [-0.3, -0.25) is 0 Å². The summed E-state index contributed by atoms with van der Waals surface area (Å²) in [6.45, 7) is 2.18. The van der Waals surface area contributed by atoms with Crippen molar-refractivity contribution in [1.29, 1.82) is 0 Å². The van der Waals surface area contributed by atoms with Gasteiger partial charge in [0.05, 0.1) is 5.60 Å². The average Bonchev–Trinajstić information content (AvgIpc) is 2.72. The van der Waals surface area contributed by atoms with Crippen LogP contribution in [0.3, 0.4) is 0 Å². The Balaban J connectivity index is 1.70. The topological polar surface area (TPSA) is 32.3 Å². The van der Waals surface area contributed by atoms with Crippen LogP contribution in [-0.4, -0.2) is 10.7 Å². The smallest absolute Gasteiger partial charge is 0.0749 e. The summed E-state index contributed by atoms with van der Waals surface area (Å²) < 4.78 is 0. The van der Waals surface area contributed by atoms with Crippen molar-refractivity contribution in [2.24, 2.45) is 5.92 Å². The number of hydrogen-bond acceptors (Lipinski definition) is 2. The fraction of sp³-hybridized carbons (Fsp3) is 0.280. The molecule has 0 bridgehead atoms. The molecule has 0 saturated carbocycles. The van der Waals surface area contributed by atoms with E-state index in [0.29, 0.717) is 12.8 Å². The molecule has 0 spiro atoms. The van der Waals surface area contributed by atoms with Gasteiger partial charge in [0.25, 0.3) is 0 Å². The number of rotatable bonds is 4. The fourth-order valence-electron chi connectivity index (χ4n) is 4.40. The third-order valence-corrected chi connectivity index (χ3v) is 6.00. The van der Waals surface area contributed by atoms with E-state index < -0.39 is 5.60 Å². The van der Waals surface area contributed by atoms with E-state index >= 15 is 0 Å². The second kappa shape index (κ2) is 7.67. The number of aliphatic hydroxyl groups is 1. The maximum Gasteiger partial charge on any atom is 0.0749 e. The molecule has 1 aliphatic heterocycles. The minimum absolute atomic E-state index is 0.0973. The molecule has 1 fully saturated rings. The fourth-order valence-corrected chi connectivity index (χ4v) is 4.40. The predicted octanol–water partition coefficient (Wildman–Crippen LogP) is 5.07. The molecule has 0 amide bonds. The van der Waals surface area contributed by atoms with E-state index in [2.05, 4.69) is 72.9 Å². The van der Waals surface area contributed by atoms with Gasteiger partial charge in [0, 0.05) is 24.4 Å². The van der Waals surface area contributed by atoms with Gasteiger partial charge in [0.15, 0.2) is 0 Å². The summed E-state index contributed by atoms with van der Waals surface area (Å²) in [5.74, 6) is 0.0973. The average molecular weight is 357 g/mol. The van der Waals surface area contributed by atoms with Crippen LogP contribution in [-0.2, 0) is 6.42 Å². The highest BCUT2D eigenvalue weighted by Gasteiger charge is 2.45. The molecule has 0 aliphatic carbocycles. The van der Waals surface area contributed by atoms with Gasteiger partial charge < -0.3 is 10.4 Å². The number of piperidine rings is 1. The van der Waals surface area contributed by atoms with Gasteiger partial charge in [-0.1, -0.05) is 97.9 Å². The van der Waals surface area contributed by atoms with Crippen LogP contribution in [0, 0.1) is 5.92 Å². The first-order chi connectivity index (χ1) is 13.2. The maximum absolute atomic E-state index is 11.8. The molecule has 3 aromatic rings. The monoisotopic (exact) mass is 357 g/mol. The minimum atomic E-state index is -0.770. The Labute approximate surface area is 161 Å². The summed E-state index contributed by atoms with van der Waals surface area (Å²) in [4.78, 5) is 0. The second-order valence-electron chi connectivity index (χ2n) is 7.78. The Morgan fingerprint density at radius 3 is 1.93 bits per heavy atom. The van der Waals surface area contributed by atoms with Crippen LogP contribution in [0.1, 0.15) is 42.1 Å².